The summed E-state index contributed by atoms with van der Waals surface area (Å²) in [5.74, 6) is -0.0308. The summed E-state index contributed by atoms with van der Waals surface area (Å²) in [5, 5.41) is 0. The first kappa shape index (κ1) is 20.9. The van der Waals surface area contributed by atoms with E-state index in [1.165, 1.54) is 0 Å². The van der Waals surface area contributed by atoms with Crippen LogP contribution in [0.3, 0.4) is 0 Å². The summed E-state index contributed by atoms with van der Waals surface area (Å²) in [6, 6.07) is 9.45. The zero-order valence-corrected chi connectivity index (χ0v) is 14.2. The molecule has 22 heavy (non-hydrogen) atoms. The number of carbonyl (C=O) groups excluding carboxylic acids is 1. The number of methoxy groups -OCH3 is 1. The van der Waals surface area contributed by atoms with Gasteiger partial charge in [0.2, 0.25) is 5.91 Å². The molecule has 1 aromatic carbocycles. The molecule has 0 fully saturated rings. The van der Waals surface area contributed by atoms with Crippen LogP contribution in [0.25, 0.3) is 0 Å². The summed E-state index contributed by atoms with van der Waals surface area (Å²) < 4.78 is 10.4. The highest BCUT2D eigenvalue weighted by Crippen LogP contribution is 2.07. The summed E-state index contributed by atoms with van der Waals surface area (Å²) in [7, 11) is 1.63. The van der Waals surface area contributed by atoms with Crippen molar-refractivity contribution < 1.29 is 14.3 Å². The Morgan fingerprint density at radius 1 is 1.23 bits per heavy atom. The zero-order valence-electron chi connectivity index (χ0n) is 13.4. The number of amides is 1. The molecule has 1 amide bonds. The average molecular weight is 331 g/mol. The van der Waals surface area contributed by atoms with Crippen LogP contribution in [0.5, 0.6) is 0 Å². The molecule has 0 radical (unpaired) electrons. The standard InChI is InChI=1S/C16H26N2O3.ClH/c1-3-15(17)16(19)18(9-10-21-12-11-20-2)13-14-7-5-4-6-8-14;/h4-8,15H,3,9-13,17H2,1-2H3;1H/t15-;/m0./s1. The molecule has 0 aliphatic carbocycles. The number of hydrogen-bond acceptors (Lipinski definition) is 4. The second kappa shape index (κ2) is 12.4. The Balaban J connectivity index is 0.00000441. The molecule has 0 saturated heterocycles. The second-order valence-electron chi connectivity index (χ2n) is 4.87. The van der Waals surface area contributed by atoms with Gasteiger partial charge in [0.15, 0.2) is 0 Å². The van der Waals surface area contributed by atoms with Crippen molar-refractivity contribution in [3.63, 3.8) is 0 Å². The number of benzene rings is 1. The molecule has 5 nitrogen and oxygen atoms in total. The number of hydrogen-bond donors (Lipinski definition) is 1. The minimum Gasteiger partial charge on any atom is -0.382 e. The van der Waals surface area contributed by atoms with Crippen LogP contribution in [0.4, 0.5) is 0 Å². The van der Waals surface area contributed by atoms with Crippen LogP contribution in [-0.2, 0) is 20.8 Å². The van der Waals surface area contributed by atoms with Gasteiger partial charge in [-0.2, -0.15) is 0 Å². The van der Waals surface area contributed by atoms with E-state index in [1.807, 2.05) is 37.3 Å². The van der Waals surface area contributed by atoms with Crippen molar-refractivity contribution in [2.45, 2.75) is 25.9 Å². The lowest BCUT2D eigenvalue weighted by Crippen LogP contribution is -2.44. The largest absolute Gasteiger partial charge is 0.382 e. The van der Waals surface area contributed by atoms with Crippen molar-refractivity contribution >= 4 is 18.3 Å². The SMILES string of the molecule is CC[C@H](N)C(=O)N(CCOCCOC)Cc1ccccc1.Cl. The molecule has 0 unspecified atom stereocenters. The Hall–Kier alpha value is -1.14. The zero-order chi connectivity index (χ0) is 15.5. The lowest BCUT2D eigenvalue weighted by atomic mass is 10.1. The topological polar surface area (TPSA) is 64.8 Å². The third-order valence-electron chi connectivity index (χ3n) is 3.22. The number of nitrogens with two attached hydrogens (primary N) is 1. The number of nitrogens with zero attached hydrogens (tertiary/aromatic N) is 1. The third kappa shape index (κ3) is 7.75. The second-order valence-corrected chi connectivity index (χ2v) is 4.87. The van der Waals surface area contributed by atoms with E-state index in [-0.39, 0.29) is 18.3 Å². The maximum Gasteiger partial charge on any atom is 0.239 e. The Kier molecular flexibility index (Phi) is 11.8. The maximum atomic E-state index is 12.3. The fourth-order valence-corrected chi connectivity index (χ4v) is 1.90. The molecule has 0 aliphatic heterocycles. The molecule has 6 heteroatoms. The smallest absolute Gasteiger partial charge is 0.239 e. The molecule has 0 spiro atoms. The molecule has 1 atom stereocenters. The maximum absolute atomic E-state index is 12.3. The molecule has 126 valence electrons. The van der Waals surface area contributed by atoms with E-state index in [1.54, 1.807) is 12.0 Å². The molecule has 0 aliphatic rings. The molecular weight excluding hydrogens is 304 g/mol. The average Bonchev–Trinajstić information content (AvgIpc) is 2.53. The van der Waals surface area contributed by atoms with Crippen LogP contribution < -0.4 is 5.73 Å². The highest BCUT2D eigenvalue weighted by molar-refractivity contribution is 5.85. The molecule has 0 bridgehead atoms. The van der Waals surface area contributed by atoms with Crippen molar-refractivity contribution in [2.24, 2.45) is 5.73 Å². The lowest BCUT2D eigenvalue weighted by Gasteiger charge is -2.25. The van der Waals surface area contributed by atoms with Crippen LogP contribution in [0.2, 0.25) is 0 Å². The van der Waals surface area contributed by atoms with Gasteiger partial charge in [0, 0.05) is 20.2 Å². The first-order valence-electron chi connectivity index (χ1n) is 7.34. The Labute approximate surface area is 139 Å². The Morgan fingerprint density at radius 2 is 1.91 bits per heavy atom. The van der Waals surface area contributed by atoms with E-state index in [9.17, 15) is 4.79 Å². The first-order chi connectivity index (χ1) is 10.2. The van der Waals surface area contributed by atoms with Gasteiger partial charge >= 0.3 is 0 Å². The highest BCUT2D eigenvalue weighted by atomic mass is 35.5. The van der Waals surface area contributed by atoms with E-state index in [2.05, 4.69) is 0 Å². The van der Waals surface area contributed by atoms with Crippen molar-refractivity contribution in [1.82, 2.24) is 4.90 Å². The monoisotopic (exact) mass is 330 g/mol. The number of halogens is 1. The van der Waals surface area contributed by atoms with Gasteiger partial charge in [-0.05, 0) is 12.0 Å². The summed E-state index contributed by atoms with van der Waals surface area (Å²) in [6.45, 7) is 4.58. The van der Waals surface area contributed by atoms with E-state index in [0.29, 0.717) is 39.3 Å². The third-order valence-corrected chi connectivity index (χ3v) is 3.22. The summed E-state index contributed by atoms with van der Waals surface area (Å²) in [4.78, 5) is 14.1. The predicted molar refractivity (Wildman–Crippen MR) is 90.1 cm³/mol. The molecular formula is C16H27ClN2O3. The Bertz CT molecular complexity index is 404. The van der Waals surface area contributed by atoms with Crippen LogP contribution in [0, 0.1) is 0 Å². The van der Waals surface area contributed by atoms with Crippen molar-refractivity contribution in [3.8, 4) is 0 Å². The van der Waals surface area contributed by atoms with Gasteiger partial charge in [0.25, 0.3) is 0 Å². The van der Waals surface area contributed by atoms with Crippen LogP contribution in [0.1, 0.15) is 18.9 Å². The van der Waals surface area contributed by atoms with Gasteiger partial charge in [-0.3, -0.25) is 4.79 Å². The molecule has 2 N–H and O–H groups in total. The van der Waals surface area contributed by atoms with E-state index >= 15 is 0 Å². The van der Waals surface area contributed by atoms with E-state index < -0.39 is 6.04 Å². The Morgan fingerprint density at radius 3 is 2.50 bits per heavy atom. The number of carbonyl (C=O) groups is 1. The van der Waals surface area contributed by atoms with Crippen molar-refractivity contribution in [1.29, 1.82) is 0 Å². The minimum atomic E-state index is -0.451. The molecule has 1 aromatic rings. The molecule has 0 heterocycles. The number of rotatable bonds is 10. The molecule has 1 rings (SSSR count). The van der Waals surface area contributed by atoms with Crippen molar-refractivity contribution in [2.75, 3.05) is 33.5 Å². The summed E-state index contributed by atoms with van der Waals surface area (Å²) >= 11 is 0. The fourth-order valence-electron chi connectivity index (χ4n) is 1.90. The van der Waals surface area contributed by atoms with Crippen LogP contribution in [0.15, 0.2) is 30.3 Å². The minimum absolute atomic E-state index is 0. The van der Waals surface area contributed by atoms with Gasteiger partial charge in [-0.25, -0.2) is 0 Å². The number of ether oxygens (including phenoxy) is 2. The molecule has 0 aromatic heterocycles. The first-order valence-corrected chi connectivity index (χ1v) is 7.34. The van der Waals surface area contributed by atoms with Crippen molar-refractivity contribution in [3.05, 3.63) is 35.9 Å². The normalized spacial score (nSPS) is 11.6. The lowest BCUT2D eigenvalue weighted by molar-refractivity contribution is -0.134. The van der Waals surface area contributed by atoms with Gasteiger partial charge < -0.3 is 20.1 Å². The van der Waals surface area contributed by atoms with E-state index in [0.717, 1.165) is 5.56 Å². The van der Waals surface area contributed by atoms with Gasteiger partial charge in [0.1, 0.15) is 0 Å². The highest BCUT2D eigenvalue weighted by Gasteiger charge is 2.19. The molecule has 0 saturated carbocycles. The van der Waals surface area contributed by atoms with Crippen LogP contribution >= 0.6 is 12.4 Å². The summed E-state index contributed by atoms with van der Waals surface area (Å²) in [5.41, 5.74) is 6.96. The van der Waals surface area contributed by atoms with Gasteiger partial charge in [-0.15, -0.1) is 12.4 Å². The quantitative estimate of drug-likeness (QED) is 0.665. The fraction of sp³-hybridized carbons (Fsp3) is 0.562. The predicted octanol–water partition coefficient (Wildman–Crippen LogP) is 1.84. The summed E-state index contributed by atoms with van der Waals surface area (Å²) in [6.07, 6.45) is 0.634. The van der Waals surface area contributed by atoms with Gasteiger partial charge in [0.05, 0.1) is 25.9 Å². The van der Waals surface area contributed by atoms with Crippen LogP contribution in [-0.4, -0.2) is 50.3 Å². The van der Waals surface area contributed by atoms with E-state index in [4.69, 9.17) is 15.2 Å². The van der Waals surface area contributed by atoms with Gasteiger partial charge in [-0.1, -0.05) is 37.3 Å².